The molecule has 0 aliphatic heterocycles. The highest BCUT2D eigenvalue weighted by Gasteiger charge is 2.09. The normalized spacial score (nSPS) is 11.3. The number of hydrogen-bond acceptors (Lipinski definition) is 6. The summed E-state index contributed by atoms with van der Waals surface area (Å²) in [4.78, 5) is 3.13. The molecule has 0 fully saturated rings. The maximum absolute atomic E-state index is 10.3. The van der Waals surface area contributed by atoms with Crippen LogP contribution in [0.4, 0.5) is 5.69 Å². The molecule has 0 aliphatic rings. The van der Waals surface area contributed by atoms with Crippen LogP contribution >= 0.6 is 23.6 Å². The molecule has 2 aromatic heterocycles. The van der Waals surface area contributed by atoms with Gasteiger partial charge in [0.15, 0.2) is 5.82 Å². The molecule has 2 heterocycles. The van der Waals surface area contributed by atoms with Crippen molar-refractivity contribution < 1.29 is 5.11 Å². The molecule has 6 nitrogen and oxygen atoms in total. The van der Waals surface area contributed by atoms with Crippen molar-refractivity contribution in [2.24, 2.45) is 5.10 Å². The molecule has 8 heteroatoms. The number of nitrogens with one attached hydrogen (secondary N) is 1. The molecule has 2 N–H and O–H groups in total. The smallest absolute Gasteiger partial charge is 0.216 e. The molecule has 25 heavy (non-hydrogen) atoms. The van der Waals surface area contributed by atoms with Gasteiger partial charge in [-0.15, -0.1) is 11.3 Å². The molecule has 130 valence electrons. The third kappa shape index (κ3) is 3.64. The summed E-state index contributed by atoms with van der Waals surface area (Å²) in [5, 5.41) is 23.7. The number of hydrogen-bond donors (Lipinski definition) is 2. The quantitative estimate of drug-likeness (QED) is 0.504. The standard InChI is InChI=1S/C17H19N5OS2/c1-3-21(4-2)13-8-7-12(14(23)10-13)11-18-22-16(19-20-17(22)24)15-6-5-9-25-15/h5-11,23H,3-4H2,1-2H3,(H,20,24)/b18-11+. The van der Waals surface area contributed by atoms with Crippen LogP contribution in [0.5, 0.6) is 5.75 Å². The molecule has 0 spiro atoms. The number of phenols is 1. The van der Waals surface area contributed by atoms with Crippen molar-refractivity contribution in [1.82, 2.24) is 14.9 Å². The summed E-state index contributed by atoms with van der Waals surface area (Å²) in [5.41, 5.74) is 1.61. The van der Waals surface area contributed by atoms with E-state index < -0.39 is 0 Å². The van der Waals surface area contributed by atoms with Crippen LogP contribution in [0, 0.1) is 4.77 Å². The second-order valence-electron chi connectivity index (χ2n) is 5.30. The molecule has 0 aliphatic carbocycles. The second kappa shape index (κ2) is 7.62. The summed E-state index contributed by atoms with van der Waals surface area (Å²) < 4.78 is 1.96. The van der Waals surface area contributed by atoms with E-state index in [2.05, 4.69) is 34.0 Å². The first kappa shape index (κ1) is 17.4. The molecule has 3 aromatic rings. The van der Waals surface area contributed by atoms with Gasteiger partial charge in [-0.2, -0.15) is 14.9 Å². The molecular weight excluding hydrogens is 354 g/mol. The number of aromatic amines is 1. The van der Waals surface area contributed by atoms with E-state index in [9.17, 15) is 5.11 Å². The summed E-state index contributed by atoms with van der Waals surface area (Å²) in [7, 11) is 0. The summed E-state index contributed by atoms with van der Waals surface area (Å²) >= 11 is 6.81. The van der Waals surface area contributed by atoms with E-state index in [0.717, 1.165) is 23.7 Å². The Morgan fingerprint density at radius 1 is 1.36 bits per heavy atom. The van der Waals surface area contributed by atoms with Crippen LogP contribution in [0.3, 0.4) is 0 Å². The number of thiophene rings is 1. The van der Waals surface area contributed by atoms with Crippen LogP contribution in [0.2, 0.25) is 0 Å². The molecule has 0 amide bonds. The van der Waals surface area contributed by atoms with Crippen molar-refractivity contribution >= 4 is 35.5 Å². The van der Waals surface area contributed by atoms with E-state index in [1.165, 1.54) is 0 Å². The largest absolute Gasteiger partial charge is 0.507 e. The fourth-order valence-corrected chi connectivity index (χ4v) is 3.39. The number of anilines is 1. The highest BCUT2D eigenvalue weighted by Crippen LogP contribution is 2.25. The second-order valence-corrected chi connectivity index (χ2v) is 6.64. The van der Waals surface area contributed by atoms with Crippen molar-refractivity contribution in [3.8, 4) is 16.5 Å². The zero-order chi connectivity index (χ0) is 17.8. The Hall–Kier alpha value is -2.45. The average Bonchev–Trinajstić information content (AvgIpc) is 3.25. The van der Waals surface area contributed by atoms with Crippen LogP contribution < -0.4 is 4.90 Å². The molecule has 0 saturated heterocycles. The Labute approximate surface area is 155 Å². The highest BCUT2D eigenvalue weighted by molar-refractivity contribution is 7.71. The van der Waals surface area contributed by atoms with E-state index in [0.29, 0.717) is 16.2 Å². The number of nitrogens with zero attached hydrogens (tertiary/aromatic N) is 4. The van der Waals surface area contributed by atoms with E-state index in [4.69, 9.17) is 12.2 Å². The van der Waals surface area contributed by atoms with Gasteiger partial charge in [0.25, 0.3) is 0 Å². The minimum Gasteiger partial charge on any atom is -0.507 e. The Kier molecular flexibility index (Phi) is 5.30. The van der Waals surface area contributed by atoms with E-state index >= 15 is 0 Å². The van der Waals surface area contributed by atoms with Crippen molar-refractivity contribution in [3.63, 3.8) is 0 Å². The fourth-order valence-electron chi connectivity index (χ4n) is 2.51. The highest BCUT2D eigenvalue weighted by atomic mass is 32.1. The average molecular weight is 374 g/mol. The molecule has 0 unspecified atom stereocenters. The minimum atomic E-state index is 0.181. The fraction of sp³-hybridized carbons (Fsp3) is 0.235. The van der Waals surface area contributed by atoms with E-state index in [-0.39, 0.29) is 5.75 Å². The summed E-state index contributed by atoms with van der Waals surface area (Å²) in [6.07, 6.45) is 1.59. The molecule has 0 atom stereocenters. The van der Waals surface area contributed by atoms with Gasteiger partial charge in [0, 0.05) is 30.4 Å². The van der Waals surface area contributed by atoms with Gasteiger partial charge in [-0.25, -0.2) is 5.10 Å². The molecule has 0 saturated carbocycles. The molecule has 3 rings (SSSR count). The van der Waals surface area contributed by atoms with Crippen LogP contribution in [0.1, 0.15) is 19.4 Å². The number of aromatic nitrogens is 3. The molecular formula is C17H19N5OS2. The van der Waals surface area contributed by atoms with Gasteiger partial charge in [-0.3, -0.25) is 0 Å². The molecule has 0 radical (unpaired) electrons. The first-order valence-corrected chi connectivity index (χ1v) is 9.26. The lowest BCUT2D eigenvalue weighted by Crippen LogP contribution is -2.21. The predicted octanol–water partition coefficient (Wildman–Crippen LogP) is 4.10. The zero-order valence-electron chi connectivity index (χ0n) is 14.0. The van der Waals surface area contributed by atoms with Gasteiger partial charge in [0.05, 0.1) is 11.1 Å². The molecule has 1 aromatic carbocycles. The Bertz CT molecular complexity index is 923. The Balaban J connectivity index is 1.91. The third-order valence-electron chi connectivity index (χ3n) is 3.85. The van der Waals surface area contributed by atoms with Gasteiger partial charge in [-0.05, 0) is 49.6 Å². The Morgan fingerprint density at radius 2 is 2.16 bits per heavy atom. The number of phenolic OH excluding ortho intramolecular Hbond substituents is 1. The summed E-state index contributed by atoms with van der Waals surface area (Å²) in [6.45, 7) is 5.95. The van der Waals surface area contributed by atoms with Gasteiger partial charge in [-0.1, -0.05) is 6.07 Å². The summed E-state index contributed by atoms with van der Waals surface area (Å²) in [5.74, 6) is 0.830. The van der Waals surface area contributed by atoms with Gasteiger partial charge in [0.2, 0.25) is 4.77 Å². The van der Waals surface area contributed by atoms with Crippen LogP contribution in [-0.2, 0) is 0 Å². The number of rotatable bonds is 6. The lowest BCUT2D eigenvalue weighted by atomic mass is 10.2. The maximum Gasteiger partial charge on any atom is 0.216 e. The van der Waals surface area contributed by atoms with Gasteiger partial charge < -0.3 is 10.0 Å². The summed E-state index contributed by atoms with van der Waals surface area (Å²) in [6, 6.07) is 9.48. The van der Waals surface area contributed by atoms with Crippen molar-refractivity contribution in [2.45, 2.75) is 13.8 Å². The van der Waals surface area contributed by atoms with Crippen LogP contribution in [-0.4, -0.2) is 39.3 Å². The zero-order valence-corrected chi connectivity index (χ0v) is 15.6. The topological polar surface area (TPSA) is 69.4 Å². The van der Waals surface area contributed by atoms with Crippen molar-refractivity contribution in [3.05, 3.63) is 46.0 Å². The first-order valence-electron chi connectivity index (χ1n) is 7.97. The van der Waals surface area contributed by atoms with E-state index in [1.807, 2.05) is 29.6 Å². The lowest BCUT2D eigenvalue weighted by Gasteiger charge is -2.21. The number of H-pyrrole nitrogens is 1. The van der Waals surface area contributed by atoms with Crippen LogP contribution in [0.25, 0.3) is 10.7 Å². The molecule has 0 bridgehead atoms. The first-order chi connectivity index (χ1) is 12.1. The van der Waals surface area contributed by atoms with Crippen LogP contribution in [0.15, 0.2) is 40.8 Å². The monoisotopic (exact) mass is 373 g/mol. The van der Waals surface area contributed by atoms with E-state index in [1.54, 1.807) is 28.3 Å². The predicted molar refractivity (Wildman–Crippen MR) is 105 cm³/mol. The van der Waals surface area contributed by atoms with Crippen molar-refractivity contribution in [1.29, 1.82) is 0 Å². The number of benzene rings is 1. The van der Waals surface area contributed by atoms with Gasteiger partial charge in [0.1, 0.15) is 5.75 Å². The lowest BCUT2D eigenvalue weighted by molar-refractivity contribution is 0.474. The SMILES string of the molecule is CCN(CC)c1ccc(/C=N/n2c(-c3cccs3)n[nH]c2=S)c(O)c1. The third-order valence-corrected chi connectivity index (χ3v) is 4.98. The Morgan fingerprint density at radius 3 is 2.80 bits per heavy atom. The van der Waals surface area contributed by atoms with Gasteiger partial charge >= 0.3 is 0 Å². The number of aromatic hydroxyl groups is 1. The van der Waals surface area contributed by atoms with Crippen molar-refractivity contribution in [2.75, 3.05) is 18.0 Å². The maximum atomic E-state index is 10.3. The minimum absolute atomic E-state index is 0.181.